The van der Waals surface area contributed by atoms with Gasteiger partial charge in [0.1, 0.15) is 0 Å². The minimum atomic E-state index is 0.316. The Morgan fingerprint density at radius 2 is 1.65 bits per heavy atom. The summed E-state index contributed by atoms with van der Waals surface area (Å²) in [6.07, 6.45) is 8.72. The lowest BCUT2D eigenvalue weighted by Crippen LogP contribution is -2.33. The average molecular weight is 242 g/mol. The van der Waals surface area contributed by atoms with Crippen molar-refractivity contribution in [1.82, 2.24) is 4.90 Å². The second-order valence-electron chi connectivity index (χ2n) is 4.69. The third-order valence-electron chi connectivity index (χ3n) is 2.97. The van der Waals surface area contributed by atoms with E-state index in [4.69, 9.17) is 5.73 Å². The summed E-state index contributed by atoms with van der Waals surface area (Å²) in [6, 6.07) is 0. The van der Waals surface area contributed by atoms with E-state index < -0.39 is 0 Å². The van der Waals surface area contributed by atoms with Gasteiger partial charge >= 0.3 is 0 Å². The predicted octanol–water partition coefficient (Wildman–Crippen LogP) is 2.93. The van der Waals surface area contributed by atoms with Crippen molar-refractivity contribution in [3.8, 4) is 0 Å². The van der Waals surface area contributed by atoms with E-state index in [0.29, 0.717) is 18.9 Å². The number of unbranched alkanes of at least 4 members (excludes halogenated alkanes) is 4. The van der Waals surface area contributed by atoms with Crippen LogP contribution in [0.4, 0.5) is 0 Å². The average Bonchev–Trinajstić information content (AvgIpc) is 2.34. The fourth-order valence-corrected chi connectivity index (χ4v) is 1.95. The van der Waals surface area contributed by atoms with Crippen molar-refractivity contribution in [1.29, 1.82) is 0 Å². The molecule has 0 fully saturated rings. The van der Waals surface area contributed by atoms with Gasteiger partial charge in [0, 0.05) is 19.5 Å². The summed E-state index contributed by atoms with van der Waals surface area (Å²) in [7, 11) is 0. The van der Waals surface area contributed by atoms with Gasteiger partial charge in [0.25, 0.3) is 0 Å². The van der Waals surface area contributed by atoms with Crippen LogP contribution in [0.1, 0.15) is 65.2 Å². The molecule has 0 rings (SSSR count). The van der Waals surface area contributed by atoms with E-state index in [1.807, 2.05) is 4.90 Å². The lowest BCUT2D eigenvalue weighted by molar-refractivity contribution is -0.131. The van der Waals surface area contributed by atoms with Crippen molar-refractivity contribution in [2.24, 2.45) is 5.73 Å². The maximum atomic E-state index is 12.0. The van der Waals surface area contributed by atoms with Gasteiger partial charge in [0.2, 0.25) is 5.91 Å². The number of carbonyl (C=O) groups is 1. The highest BCUT2D eigenvalue weighted by molar-refractivity contribution is 5.76. The summed E-state index contributed by atoms with van der Waals surface area (Å²) in [5.41, 5.74) is 5.49. The molecule has 0 bridgehead atoms. The quantitative estimate of drug-likeness (QED) is 0.566. The largest absolute Gasteiger partial charge is 0.343 e. The van der Waals surface area contributed by atoms with E-state index in [-0.39, 0.29) is 0 Å². The van der Waals surface area contributed by atoms with Gasteiger partial charge in [0.05, 0.1) is 0 Å². The Balaban J connectivity index is 3.72. The molecule has 0 atom stereocenters. The van der Waals surface area contributed by atoms with Gasteiger partial charge in [0.15, 0.2) is 0 Å². The van der Waals surface area contributed by atoms with Crippen LogP contribution in [0.3, 0.4) is 0 Å². The monoisotopic (exact) mass is 242 g/mol. The lowest BCUT2D eigenvalue weighted by Gasteiger charge is -2.21. The van der Waals surface area contributed by atoms with Gasteiger partial charge in [-0.1, -0.05) is 39.5 Å². The van der Waals surface area contributed by atoms with Crippen molar-refractivity contribution >= 4 is 5.91 Å². The first kappa shape index (κ1) is 16.4. The van der Waals surface area contributed by atoms with Gasteiger partial charge in [-0.3, -0.25) is 4.79 Å². The molecule has 0 aliphatic heterocycles. The fraction of sp³-hybridized carbons (Fsp3) is 0.929. The molecule has 0 aliphatic carbocycles. The fourth-order valence-electron chi connectivity index (χ4n) is 1.95. The van der Waals surface area contributed by atoms with E-state index in [2.05, 4.69) is 13.8 Å². The molecule has 102 valence electrons. The highest BCUT2D eigenvalue weighted by Crippen LogP contribution is 2.07. The van der Waals surface area contributed by atoms with Crippen LogP contribution in [0, 0.1) is 0 Å². The normalized spacial score (nSPS) is 10.5. The van der Waals surface area contributed by atoms with Gasteiger partial charge in [-0.2, -0.15) is 0 Å². The first-order chi connectivity index (χ1) is 8.26. The Kier molecular flexibility index (Phi) is 11.5. The molecule has 0 aromatic rings. The van der Waals surface area contributed by atoms with Gasteiger partial charge in [-0.25, -0.2) is 0 Å². The minimum Gasteiger partial charge on any atom is -0.343 e. The molecule has 0 aliphatic rings. The molecule has 3 nitrogen and oxygen atoms in total. The van der Waals surface area contributed by atoms with Crippen molar-refractivity contribution < 1.29 is 4.79 Å². The second kappa shape index (κ2) is 11.9. The van der Waals surface area contributed by atoms with Crippen LogP contribution >= 0.6 is 0 Å². The van der Waals surface area contributed by atoms with E-state index >= 15 is 0 Å². The predicted molar refractivity (Wildman–Crippen MR) is 73.9 cm³/mol. The van der Waals surface area contributed by atoms with Crippen LogP contribution in [-0.4, -0.2) is 30.4 Å². The number of nitrogens with two attached hydrogens (primary N) is 1. The molecule has 0 radical (unpaired) electrons. The van der Waals surface area contributed by atoms with Crippen LogP contribution in [0.15, 0.2) is 0 Å². The zero-order valence-electron chi connectivity index (χ0n) is 11.7. The number of amides is 1. The second-order valence-corrected chi connectivity index (χ2v) is 4.69. The summed E-state index contributed by atoms with van der Waals surface area (Å²) in [6.45, 7) is 6.71. The Bertz CT molecular complexity index is 183. The minimum absolute atomic E-state index is 0.316. The SMILES string of the molecule is CCCCCCCC(=O)N(CCC)CCCN. The molecule has 0 saturated carbocycles. The number of rotatable bonds is 11. The van der Waals surface area contributed by atoms with Crippen molar-refractivity contribution in [2.75, 3.05) is 19.6 Å². The summed E-state index contributed by atoms with van der Waals surface area (Å²) in [4.78, 5) is 13.9. The summed E-state index contributed by atoms with van der Waals surface area (Å²) < 4.78 is 0. The molecule has 0 saturated heterocycles. The van der Waals surface area contributed by atoms with Crippen molar-refractivity contribution in [2.45, 2.75) is 65.2 Å². The Labute approximate surface area is 107 Å². The third-order valence-corrected chi connectivity index (χ3v) is 2.97. The first-order valence-electron chi connectivity index (χ1n) is 7.24. The molecule has 17 heavy (non-hydrogen) atoms. The molecule has 0 spiro atoms. The molecule has 0 aromatic heterocycles. The van der Waals surface area contributed by atoms with Crippen LogP contribution in [0.5, 0.6) is 0 Å². The number of nitrogens with zero attached hydrogens (tertiary/aromatic N) is 1. The smallest absolute Gasteiger partial charge is 0.222 e. The highest BCUT2D eigenvalue weighted by atomic mass is 16.2. The number of hydrogen-bond donors (Lipinski definition) is 1. The van der Waals surface area contributed by atoms with Gasteiger partial charge < -0.3 is 10.6 Å². The standard InChI is InChI=1S/C14H30N2O/c1-3-5-6-7-8-10-14(17)16(12-4-2)13-9-11-15/h3-13,15H2,1-2H3. The molecule has 3 heteroatoms. The Hall–Kier alpha value is -0.570. The third kappa shape index (κ3) is 9.16. The van der Waals surface area contributed by atoms with Crippen molar-refractivity contribution in [3.05, 3.63) is 0 Å². The van der Waals surface area contributed by atoms with E-state index in [1.165, 1.54) is 25.7 Å². The number of hydrogen-bond acceptors (Lipinski definition) is 2. The summed E-state index contributed by atoms with van der Waals surface area (Å²) >= 11 is 0. The maximum Gasteiger partial charge on any atom is 0.222 e. The summed E-state index contributed by atoms with van der Waals surface area (Å²) in [5, 5.41) is 0. The maximum absolute atomic E-state index is 12.0. The topological polar surface area (TPSA) is 46.3 Å². The van der Waals surface area contributed by atoms with Gasteiger partial charge in [-0.05, 0) is 25.8 Å². The van der Waals surface area contributed by atoms with E-state index in [0.717, 1.165) is 32.4 Å². The highest BCUT2D eigenvalue weighted by Gasteiger charge is 2.11. The van der Waals surface area contributed by atoms with Crippen molar-refractivity contribution in [3.63, 3.8) is 0 Å². The number of carbonyl (C=O) groups excluding carboxylic acids is 1. The zero-order chi connectivity index (χ0) is 12.9. The van der Waals surface area contributed by atoms with E-state index in [9.17, 15) is 4.79 Å². The Morgan fingerprint density at radius 3 is 2.24 bits per heavy atom. The zero-order valence-corrected chi connectivity index (χ0v) is 11.7. The first-order valence-corrected chi connectivity index (χ1v) is 7.24. The van der Waals surface area contributed by atoms with E-state index in [1.54, 1.807) is 0 Å². The molecular weight excluding hydrogens is 212 g/mol. The molecule has 2 N–H and O–H groups in total. The van der Waals surface area contributed by atoms with Gasteiger partial charge in [-0.15, -0.1) is 0 Å². The summed E-state index contributed by atoms with van der Waals surface area (Å²) in [5.74, 6) is 0.316. The van der Waals surface area contributed by atoms with Crippen LogP contribution in [-0.2, 0) is 4.79 Å². The molecular formula is C14H30N2O. The molecule has 0 heterocycles. The Morgan fingerprint density at radius 1 is 0.941 bits per heavy atom. The molecule has 0 unspecified atom stereocenters. The molecule has 0 aromatic carbocycles. The van der Waals surface area contributed by atoms with Crippen LogP contribution < -0.4 is 5.73 Å². The molecule has 1 amide bonds. The van der Waals surface area contributed by atoms with Crippen LogP contribution in [0.25, 0.3) is 0 Å². The van der Waals surface area contributed by atoms with Crippen LogP contribution in [0.2, 0.25) is 0 Å². The lowest BCUT2D eigenvalue weighted by atomic mass is 10.1.